The van der Waals surface area contributed by atoms with Crippen molar-refractivity contribution in [1.29, 1.82) is 0 Å². The first-order chi connectivity index (χ1) is 11.0. The van der Waals surface area contributed by atoms with E-state index in [9.17, 15) is 13.2 Å². The average molecular weight is 474 g/mol. The molecule has 0 fully saturated rings. The first-order valence-corrected chi connectivity index (χ1v) is 7.93. The maximum absolute atomic E-state index is 12.5. The topological polar surface area (TPSA) is 62.5 Å². The molecule has 5 nitrogen and oxygen atoms in total. The van der Waals surface area contributed by atoms with Gasteiger partial charge < -0.3 is 15.1 Å². The predicted octanol–water partition coefficient (Wildman–Crippen LogP) is 3.67. The van der Waals surface area contributed by atoms with Crippen LogP contribution in [-0.4, -0.2) is 24.0 Å². The highest BCUT2D eigenvalue weighted by atomic mass is 127. The monoisotopic (exact) mass is 474 g/mol. The minimum atomic E-state index is -4.41. The van der Waals surface area contributed by atoms with Gasteiger partial charge in [0.15, 0.2) is 11.7 Å². The van der Waals surface area contributed by atoms with Crippen LogP contribution in [0.3, 0.4) is 0 Å². The van der Waals surface area contributed by atoms with E-state index < -0.39 is 11.9 Å². The molecule has 0 aromatic carbocycles. The Morgan fingerprint density at radius 3 is 2.75 bits per heavy atom. The summed E-state index contributed by atoms with van der Waals surface area (Å²) in [5.74, 6) is 1.38. The molecule has 0 amide bonds. The van der Waals surface area contributed by atoms with Gasteiger partial charge in [-0.3, -0.25) is 0 Å². The molecule has 0 saturated heterocycles. The molecule has 0 aliphatic rings. The summed E-state index contributed by atoms with van der Waals surface area (Å²) in [5, 5.41) is 7.45. The largest absolute Gasteiger partial charge is 0.469 e. The summed E-state index contributed by atoms with van der Waals surface area (Å²) >= 11 is 0.950. The van der Waals surface area contributed by atoms with Crippen molar-refractivity contribution in [2.24, 2.45) is 4.99 Å². The molecule has 10 heteroatoms. The number of nitrogens with one attached hydrogen (secondary N) is 2. The lowest BCUT2D eigenvalue weighted by molar-refractivity contribution is -0.140. The molecular weight excluding hydrogens is 456 g/mol. The second-order valence-corrected chi connectivity index (χ2v) is 5.52. The molecule has 0 radical (unpaired) electrons. The molecular formula is C14H18F3IN4OS. The van der Waals surface area contributed by atoms with E-state index in [4.69, 9.17) is 4.42 Å². The number of thiazole rings is 1. The quantitative estimate of drug-likeness (QED) is 0.381. The van der Waals surface area contributed by atoms with Gasteiger partial charge in [0.05, 0.1) is 12.8 Å². The fourth-order valence-electron chi connectivity index (χ4n) is 1.76. The van der Waals surface area contributed by atoms with E-state index in [1.807, 2.05) is 19.1 Å². The Balaban J connectivity index is 0.00000288. The van der Waals surface area contributed by atoms with Crippen molar-refractivity contribution in [2.75, 3.05) is 13.1 Å². The normalized spacial score (nSPS) is 11.9. The van der Waals surface area contributed by atoms with Gasteiger partial charge in [0.25, 0.3) is 0 Å². The lowest BCUT2D eigenvalue weighted by Gasteiger charge is -2.10. The molecule has 2 N–H and O–H groups in total. The molecule has 0 saturated carbocycles. The van der Waals surface area contributed by atoms with Crippen LogP contribution in [-0.2, 0) is 19.1 Å². The summed E-state index contributed by atoms with van der Waals surface area (Å²) in [6.45, 7) is 3.26. The van der Waals surface area contributed by atoms with Crippen molar-refractivity contribution >= 4 is 41.3 Å². The van der Waals surface area contributed by atoms with Crippen LogP contribution in [0.5, 0.6) is 0 Å². The number of furan rings is 1. The Kier molecular flexibility index (Phi) is 8.53. The van der Waals surface area contributed by atoms with Crippen LogP contribution < -0.4 is 10.6 Å². The third-order valence-corrected chi connectivity index (χ3v) is 3.64. The van der Waals surface area contributed by atoms with E-state index >= 15 is 0 Å². The van der Waals surface area contributed by atoms with Crippen LogP contribution in [0.25, 0.3) is 0 Å². The summed E-state index contributed by atoms with van der Waals surface area (Å²) in [5.41, 5.74) is -0.872. The summed E-state index contributed by atoms with van der Waals surface area (Å²) < 4.78 is 42.7. The van der Waals surface area contributed by atoms with E-state index in [1.54, 1.807) is 6.26 Å². The van der Waals surface area contributed by atoms with Gasteiger partial charge in [0, 0.05) is 24.9 Å². The summed E-state index contributed by atoms with van der Waals surface area (Å²) in [6.07, 6.45) is -2.12. The molecule has 2 aromatic rings. The molecule has 0 aliphatic heterocycles. The lowest BCUT2D eigenvalue weighted by Crippen LogP contribution is -2.38. The third-order valence-electron chi connectivity index (χ3n) is 2.80. The van der Waals surface area contributed by atoms with E-state index in [1.165, 1.54) is 0 Å². The van der Waals surface area contributed by atoms with Gasteiger partial charge in [0.1, 0.15) is 10.8 Å². The first-order valence-electron chi connectivity index (χ1n) is 7.05. The standard InChI is InChI=1S/C14H17F3N4OS.HI/c1-2-18-13(19-6-5-10-4-3-7-22-10)20-8-12-21-11(9-23-12)14(15,16)17;/h3-4,7,9H,2,5-6,8H2,1H3,(H2,18,19,20);1H. The number of hydrogen-bond donors (Lipinski definition) is 2. The van der Waals surface area contributed by atoms with Crippen LogP contribution in [0.1, 0.15) is 23.4 Å². The number of rotatable bonds is 6. The smallest absolute Gasteiger partial charge is 0.434 e. The summed E-state index contributed by atoms with van der Waals surface area (Å²) in [7, 11) is 0. The molecule has 0 aliphatic carbocycles. The summed E-state index contributed by atoms with van der Waals surface area (Å²) in [4.78, 5) is 7.79. The van der Waals surface area contributed by atoms with Gasteiger partial charge in [-0.2, -0.15) is 13.2 Å². The highest BCUT2D eigenvalue weighted by Gasteiger charge is 2.33. The Morgan fingerprint density at radius 2 is 2.17 bits per heavy atom. The van der Waals surface area contributed by atoms with Crippen LogP contribution in [0.15, 0.2) is 33.2 Å². The van der Waals surface area contributed by atoms with Crippen LogP contribution in [0.4, 0.5) is 13.2 Å². The SMILES string of the molecule is CCNC(=NCc1nc(C(F)(F)F)cs1)NCCc1ccco1.I. The van der Waals surface area contributed by atoms with E-state index in [2.05, 4.69) is 20.6 Å². The zero-order valence-electron chi connectivity index (χ0n) is 12.9. The maximum atomic E-state index is 12.5. The van der Waals surface area contributed by atoms with Crippen LogP contribution >= 0.6 is 35.3 Å². The van der Waals surface area contributed by atoms with Gasteiger partial charge in [-0.1, -0.05) is 0 Å². The molecule has 2 aromatic heterocycles. The number of guanidine groups is 1. The van der Waals surface area contributed by atoms with E-state index in [0.29, 0.717) is 30.5 Å². The van der Waals surface area contributed by atoms with Gasteiger partial charge in [0.2, 0.25) is 0 Å². The minimum absolute atomic E-state index is 0. The molecule has 2 rings (SSSR count). The van der Waals surface area contributed by atoms with E-state index in [-0.39, 0.29) is 30.5 Å². The van der Waals surface area contributed by atoms with Crippen LogP contribution in [0.2, 0.25) is 0 Å². The second-order valence-electron chi connectivity index (χ2n) is 4.58. The molecule has 0 bridgehead atoms. The lowest BCUT2D eigenvalue weighted by atomic mass is 10.3. The minimum Gasteiger partial charge on any atom is -0.469 e. The Hall–Kier alpha value is -1.30. The fraction of sp³-hybridized carbons (Fsp3) is 0.429. The maximum Gasteiger partial charge on any atom is 0.434 e. The highest BCUT2D eigenvalue weighted by molar-refractivity contribution is 14.0. The molecule has 0 unspecified atom stereocenters. The van der Waals surface area contributed by atoms with Gasteiger partial charge in [-0.25, -0.2) is 9.98 Å². The first kappa shape index (κ1) is 20.7. The Bertz CT molecular complexity index is 628. The van der Waals surface area contributed by atoms with Gasteiger partial charge >= 0.3 is 6.18 Å². The van der Waals surface area contributed by atoms with Gasteiger partial charge in [-0.05, 0) is 19.1 Å². The number of aliphatic imine (C=N–C) groups is 1. The fourth-order valence-corrected chi connectivity index (χ4v) is 2.49. The molecule has 134 valence electrons. The number of nitrogens with zero attached hydrogens (tertiary/aromatic N) is 2. The zero-order chi connectivity index (χ0) is 16.7. The second kappa shape index (κ2) is 9.87. The van der Waals surface area contributed by atoms with Crippen molar-refractivity contribution in [3.8, 4) is 0 Å². The number of hydrogen-bond acceptors (Lipinski definition) is 4. The van der Waals surface area contributed by atoms with Gasteiger partial charge in [-0.15, -0.1) is 35.3 Å². The van der Waals surface area contributed by atoms with E-state index in [0.717, 1.165) is 22.5 Å². The zero-order valence-corrected chi connectivity index (χ0v) is 16.0. The summed E-state index contributed by atoms with van der Waals surface area (Å²) in [6, 6.07) is 3.69. The van der Waals surface area contributed by atoms with Crippen molar-refractivity contribution < 1.29 is 17.6 Å². The average Bonchev–Trinajstić information content (AvgIpc) is 3.15. The van der Waals surface area contributed by atoms with Crippen molar-refractivity contribution in [3.63, 3.8) is 0 Å². The predicted molar refractivity (Wildman–Crippen MR) is 97.8 cm³/mol. The molecule has 0 spiro atoms. The molecule has 0 atom stereocenters. The molecule has 24 heavy (non-hydrogen) atoms. The van der Waals surface area contributed by atoms with Crippen molar-refractivity contribution in [2.45, 2.75) is 26.1 Å². The van der Waals surface area contributed by atoms with Crippen molar-refractivity contribution in [3.05, 3.63) is 40.2 Å². The van der Waals surface area contributed by atoms with Crippen molar-refractivity contribution in [1.82, 2.24) is 15.6 Å². The molecule has 2 heterocycles. The number of aromatic nitrogens is 1. The number of alkyl halides is 3. The Labute approximate surface area is 158 Å². The highest BCUT2D eigenvalue weighted by Crippen LogP contribution is 2.30. The Morgan fingerprint density at radius 1 is 1.38 bits per heavy atom. The number of halogens is 4. The van der Waals surface area contributed by atoms with Crippen LogP contribution in [0, 0.1) is 0 Å². The third kappa shape index (κ3) is 6.67.